The Labute approximate surface area is 117 Å². The molecule has 0 bridgehead atoms. The predicted octanol–water partition coefficient (Wildman–Crippen LogP) is 0.763. The molecular weight excluding hydrogens is 258 g/mol. The first-order valence-electron chi connectivity index (χ1n) is 6.72. The number of phenolic OH excluding ortho intramolecular Hbond substituents is 1. The SMILES string of the molecule is Nc1ccc(O)cc1C(=O)NCC(=O)NC1CCCC1. The Hall–Kier alpha value is -2.24. The summed E-state index contributed by atoms with van der Waals surface area (Å²) in [6.07, 6.45) is 4.27. The molecule has 6 heteroatoms. The van der Waals surface area contributed by atoms with E-state index in [1.165, 1.54) is 18.2 Å². The zero-order chi connectivity index (χ0) is 14.5. The van der Waals surface area contributed by atoms with Crippen molar-refractivity contribution >= 4 is 17.5 Å². The number of nitrogens with two attached hydrogens (primary N) is 1. The average molecular weight is 277 g/mol. The highest BCUT2D eigenvalue weighted by Crippen LogP contribution is 2.18. The van der Waals surface area contributed by atoms with Crippen molar-refractivity contribution < 1.29 is 14.7 Å². The third kappa shape index (κ3) is 3.63. The minimum atomic E-state index is -0.472. The Morgan fingerprint density at radius 3 is 2.70 bits per heavy atom. The number of amides is 2. The van der Waals surface area contributed by atoms with Gasteiger partial charge in [-0.1, -0.05) is 12.8 Å². The summed E-state index contributed by atoms with van der Waals surface area (Å²) in [5, 5.41) is 14.7. The van der Waals surface area contributed by atoms with E-state index in [2.05, 4.69) is 10.6 Å². The second-order valence-electron chi connectivity index (χ2n) is 5.00. The first-order chi connectivity index (χ1) is 9.56. The molecule has 1 aliphatic carbocycles. The van der Waals surface area contributed by atoms with Gasteiger partial charge >= 0.3 is 0 Å². The maximum atomic E-state index is 11.9. The van der Waals surface area contributed by atoms with Crippen molar-refractivity contribution in [1.29, 1.82) is 0 Å². The minimum Gasteiger partial charge on any atom is -0.508 e. The van der Waals surface area contributed by atoms with Crippen LogP contribution in [0.25, 0.3) is 0 Å². The molecule has 0 atom stereocenters. The summed E-state index contributed by atoms with van der Waals surface area (Å²) < 4.78 is 0. The van der Waals surface area contributed by atoms with E-state index in [-0.39, 0.29) is 35.5 Å². The lowest BCUT2D eigenvalue weighted by molar-refractivity contribution is -0.120. The van der Waals surface area contributed by atoms with Crippen LogP contribution in [0.5, 0.6) is 5.75 Å². The Balaban J connectivity index is 1.85. The van der Waals surface area contributed by atoms with Gasteiger partial charge in [-0.3, -0.25) is 9.59 Å². The average Bonchev–Trinajstić information content (AvgIpc) is 2.91. The molecule has 1 saturated carbocycles. The van der Waals surface area contributed by atoms with Crippen LogP contribution in [0.15, 0.2) is 18.2 Å². The summed E-state index contributed by atoms with van der Waals surface area (Å²) in [7, 11) is 0. The summed E-state index contributed by atoms with van der Waals surface area (Å²) in [6, 6.07) is 4.35. The zero-order valence-electron chi connectivity index (χ0n) is 11.2. The van der Waals surface area contributed by atoms with Gasteiger partial charge < -0.3 is 21.5 Å². The topological polar surface area (TPSA) is 104 Å². The lowest BCUT2D eigenvalue weighted by Crippen LogP contribution is -2.41. The molecule has 0 aromatic heterocycles. The first-order valence-corrected chi connectivity index (χ1v) is 6.72. The van der Waals surface area contributed by atoms with Gasteiger partial charge in [0.15, 0.2) is 0 Å². The number of carbonyl (C=O) groups is 2. The fourth-order valence-corrected chi connectivity index (χ4v) is 2.35. The number of hydrogen-bond acceptors (Lipinski definition) is 4. The van der Waals surface area contributed by atoms with E-state index in [1.54, 1.807) is 0 Å². The lowest BCUT2D eigenvalue weighted by Gasteiger charge is -2.12. The van der Waals surface area contributed by atoms with Crippen LogP contribution < -0.4 is 16.4 Å². The van der Waals surface area contributed by atoms with Crippen LogP contribution >= 0.6 is 0 Å². The predicted molar refractivity (Wildman–Crippen MR) is 75.3 cm³/mol. The van der Waals surface area contributed by atoms with Gasteiger partial charge in [-0.2, -0.15) is 0 Å². The smallest absolute Gasteiger partial charge is 0.253 e. The number of carbonyl (C=O) groups excluding carboxylic acids is 2. The molecule has 1 aromatic carbocycles. The highest BCUT2D eigenvalue weighted by atomic mass is 16.3. The second-order valence-corrected chi connectivity index (χ2v) is 5.00. The Morgan fingerprint density at radius 1 is 1.30 bits per heavy atom. The molecule has 1 aromatic rings. The molecule has 108 valence electrons. The van der Waals surface area contributed by atoms with E-state index in [1.807, 2.05) is 0 Å². The summed E-state index contributed by atoms with van der Waals surface area (Å²) >= 11 is 0. The van der Waals surface area contributed by atoms with Crippen molar-refractivity contribution in [2.45, 2.75) is 31.7 Å². The van der Waals surface area contributed by atoms with Crippen LogP contribution in [0.4, 0.5) is 5.69 Å². The number of hydrogen-bond donors (Lipinski definition) is 4. The largest absolute Gasteiger partial charge is 0.508 e. The number of aromatic hydroxyl groups is 1. The van der Waals surface area contributed by atoms with E-state index in [0.29, 0.717) is 0 Å². The minimum absolute atomic E-state index is 0.0419. The molecule has 2 amide bonds. The third-order valence-corrected chi connectivity index (χ3v) is 3.41. The number of anilines is 1. The molecule has 2 rings (SSSR count). The molecule has 0 heterocycles. The van der Waals surface area contributed by atoms with E-state index in [4.69, 9.17) is 5.73 Å². The highest BCUT2D eigenvalue weighted by Gasteiger charge is 2.18. The highest BCUT2D eigenvalue weighted by molar-refractivity contribution is 6.01. The van der Waals surface area contributed by atoms with Gasteiger partial charge in [-0.25, -0.2) is 0 Å². The number of nitrogens with one attached hydrogen (secondary N) is 2. The Kier molecular flexibility index (Phi) is 4.45. The summed E-state index contributed by atoms with van der Waals surface area (Å²) in [6.45, 7) is -0.0928. The molecule has 1 fully saturated rings. The van der Waals surface area contributed by atoms with Gasteiger partial charge in [0.05, 0.1) is 12.1 Å². The Morgan fingerprint density at radius 2 is 2.00 bits per heavy atom. The van der Waals surface area contributed by atoms with Crippen LogP contribution in [0.2, 0.25) is 0 Å². The molecule has 0 saturated heterocycles. The zero-order valence-corrected chi connectivity index (χ0v) is 11.2. The maximum absolute atomic E-state index is 11.9. The molecule has 6 nitrogen and oxygen atoms in total. The van der Waals surface area contributed by atoms with E-state index >= 15 is 0 Å². The van der Waals surface area contributed by atoms with Crippen LogP contribution in [0, 0.1) is 0 Å². The third-order valence-electron chi connectivity index (χ3n) is 3.41. The van der Waals surface area contributed by atoms with Gasteiger partial charge in [-0.15, -0.1) is 0 Å². The quantitative estimate of drug-likeness (QED) is 0.482. The van der Waals surface area contributed by atoms with Crippen molar-refractivity contribution in [2.75, 3.05) is 12.3 Å². The lowest BCUT2D eigenvalue weighted by atomic mass is 10.1. The molecular formula is C14H19N3O3. The standard InChI is InChI=1S/C14H19N3O3/c15-12-6-5-10(18)7-11(12)14(20)16-8-13(19)17-9-3-1-2-4-9/h5-7,9,18H,1-4,8,15H2,(H,16,20)(H,17,19). The fraction of sp³-hybridized carbons (Fsp3) is 0.429. The molecule has 0 aliphatic heterocycles. The Bertz CT molecular complexity index is 510. The van der Waals surface area contributed by atoms with Gasteiger partial charge in [0.2, 0.25) is 5.91 Å². The number of phenols is 1. The molecule has 0 unspecified atom stereocenters. The van der Waals surface area contributed by atoms with Crippen LogP contribution in [0.3, 0.4) is 0 Å². The second kappa shape index (κ2) is 6.27. The number of benzene rings is 1. The number of nitrogen functional groups attached to an aromatic ring is 1. The van der Waals surface area contributed by atoms with Gasteiger partial charge in [0, 0.05) is 11.7 Å². The first kappa shape index (κ1) is 14.2. The van der Waals surface area contributed by atoms with Crippen LogP contribution in [-0.2, 0) is 4.79 Å². The summed E-state index contributed by atoms with van der Waals surface area (Å²) in [4.78, 5) is 23.6. The van der Waals surface area contributed by atoms with Crippen LogP contribution in [-0.4, -0.2) is 29.5 Å². The van der Waals surface area contributed by atoms with Crippen molar-refractivity contribution in [1.82, 2.24) is 10.6 Å². The number of rotatable bonds is 4. The monoisotopic (exact) mass is 277 g/mol. The normalized spacial score (nSPS) is 15.0. The summed E-state index contributed by atoms with van der Waals surface area (Å²) in [5.74, 6) is -0.719. The van der Waals surface area contributed by atoms with Gasteiger partial charge in [-0.05, 0) is 31.0 Å². The molecule has 5 N–H and O–H groups in total. The molecule has 20 heavy (non-hydrogen) atoms. The summed E-state index contributed by atoms with van der Waals surface area (Å²) in [5.41, 5.74) is 6.08. The van der Waals surface area contributed by atoms with Crippen molar-refractivity contribution in [2.24, 2.45) is 0 Å². The van der Waals surface area contributed by atoms with Gasteiger partial charge in [0.25, 0.3) is 5.91 Å². The van der Waals surface area contributed by atoms with Crippen LogP contribution in [0.1, 0.15) is 36.0 Å². The maximum Gasteiger partial charge on any atom is 0.253 e. The van der Waals surface area contributed by atoms with E-state index < -0.39 is 5.91 Å². The van der Waals surface area contributed by atoms with Crippen molar-refractivity contribution in [3.8, 4) is 5.75 Å². The fourth-order valence-electron chi connectivity index (χ4n) is 2.35. The molecule has 0 spiro atoms. The molecule has 1 aliphatic rings. The molecule has 0 radical (unpaired) electrons. The van der Waals surface area contributed by atoms with Crippen molar-refractivity contribution in [3.63, 3.8) is 0 Å². The van der Waals surface area contributed by atoms with Crippen molar-refractivity contribution in [3.05, 3.63) is 23.8 Å². The van der Waals surface area contributed by atoms with Gasteiger partial charge in [0.1, 0.15) is 5.75 Å². The van der Waals surface area contributed by atoms with E-state index in [0.717, 1.165) is 25.7 Å². The van der Waals surface area contributed by atoms with E-state index in [9.17, 15) is 14.7 Å².